The smallest absolute Gasteiger partial charge is 0.320 e. The van der Waals surface area contributed by atoms with Gasteiger partial charge in [0, 0.05) is 12.6 Å². The zero-order valence-electron chi connectivity index (χ0n) is 12.3. The Balaban J connectivity index is 2.38. The van der Waals surface area contributed by atoms with Gasteiger partial charge >= 0.3 is 5.97 Å². The second-order valence-corrected chi connectivity index (χ2v) is 5.38. The largest absolute Gasteiger partial charge is 0.465 e. The molecule has 3 nitrogen and oxygen atoms in total. The lowest BCUT2D eigenvalue weighted by Crippen LogP contribution is -2.36. The SMILES string of the molecule is CCCCC(CC)CN(CC(=O)OCC)C1CC1. The number of nitrogens with zero attached hydrogens (tertiary/aromatic N) is 1. The Hall–Kier alpha value is -0.570. The zero-order valence-corrected chi connectivity index (χ0v) is 12.3. The molecule has 0 heterocycles. The van der Waals surface area contributed by atoms with E-state index >= 15 is 0 Å². The lowest BCUT2D eigenvalue weighted by atomic mass is 9.98. The molecule has 1 aliphatic rings. The summed E-state index contributed by atoms with van der Waals surface area (Å²) in [5, 5.41) is 0. The molecule has 0 N–H and O–H groups in total. The highest BCUT2D eigenvalue weighted by atomic mass is 16.5. The second kappa shape index (κ2) is 8.52. The summed E-state index contributed by atoms with van der Waals surface area (Å²) in [6.07, 6.45) is 7.58. The van der Waals surface area contributed by atoms with Crippen molar-refractivity contribution in [3.8, 4) is 0 Å². The van der Waals surface area contributed by atoms with Gasteiger partial charge in [-0.25, -0.2) is 0 Å². The third-order valence-electron chi connectivity index (χ3n) is 3.74. The summed E-state index contributed by atoms with van der Waals surface area (Å²) in [7, 11) is 0. The van der Waals surface area contributed by atoms with E-state index in [0.717, 1.165) is 12.5 Å². The first-order chi connectivity index (χ1) is 8.71. The summed E-state index contributed by atoms with van der Waals surface area (Å²) in [6, 6.07) is 0.644. The Bertz CT molecular complexity index is 239. The van der Waals surface area contributed by atoms with Gasteiger partial charge in [-0.15, -0.1) is 0 Å². The lowest BCUT2D eigenvalue weighted by Gasteiger charge is -2.26. The highest BCUT2D eigenvalue weighted by Crippen LogP contribution is 2.28. The monoisotopic (exact) mass is 255 g/mol. The normalized spacial score (nSPS) is 16.9. The summed E-state index contributed by atoms with van der Waals surface area (Å²) < 4.78 is 5.07. The van der Waals surface area contributed by atoms with Gasteiger partial charge in [-0.05, 0) is 32.1 Å². The molecule has 1 unspecified atom stereocenters. The van der Waals surface area contributed by atoms with Crippen molar-refractivity contribution in [2.75, 3.05) is 19.7 Å². The third kappa shape index (κ3) is 5.85. The molecule has 0 saturated heterocycles. The van der Waals surface area contributed by atoms with E-state index in [0.29, 0.717) is 19.2 Å². The van der Waals surface area contributed by atoms with E-state index < -0.39 is 0 Å². The molecule has 18 heavy (non-hydrogen) atoms. The van der Waals surface area contributed by atoms with Gasteiger partial charge in [0.15, 0.2) is 0 Å². The number of rotatable bonds is 10. The molecule has 1 saturated carbocycles. The standard InChI is InChI=1S/C15H29NO2/c1-4-7-8-13(5-2)11-16(14-9-10-14)12-15(17)18-6-3/h13-14H,4-12H2,1-3H3. The van der Waals surface area contributed by atoms with Crippen LogP contribution in [0.3, 0.4) is 0 Å². The van der Waals surface area contributed by atoms with Crippen molar-refractivity contribution in [2.24, 2.45) is 5.92 Å². The van der Waals surface area contributed by atoms with Gasteiger partial charge in [-0.2, -0.15) is 0 Å². The van der Waals surface area contributed by atoms with Crippen molar-refractivity contribution in [2.45, 2.75) is 65.3 Å². The predicted molar refractivity (Wildman–Crippen MR) is 74.5 cm³/mol. The molecule has 1 rings (SSSR count). The Morgan fingerprint density at radius 1 is 1.33 bits per heavy atom. The molecule has 0 radical (unpaired) electrons. The topological polar surface area (TPSA) is 29.5 Å². The summed E-state index contributed by atoms with van der Waals surface area (Å²) in [5.74, 6) is 0.676. The van der Waals surface area contributed by atoms with Crippen LogP contribution in [0.1, 0.15) is 59.3 Å². The van der Waals surface area contributed by atoms with Crippen LogP contribution in [-0.2, 0) is 9.53 Å². The molecule has 0 spiro atoms. The van der Waals surface area contributed by atoms with Crippen LogP contribution in [0.2, 0.25) is 0 Å². The van der Waals surface area contributed by atoms with E-state index in [1.165, 1.54) is 38.5 Å². The van der Waals surface area contributed by atoms with Crippen LogP contribution >= 0.6 is 0 Å². The van der Waals surface area contributed by atoms with E-state index in [1.54, 1.807) is 0 Å². The molecule has 106 valence electrons. The summed E-state index contributed by atoms with van der Waals surface area (Å²) in [5.41, 5.74) is 0. The molecule has 0 aromatic heterocycles. The number of hydrogen-bond donors (Lipinski definition) is 0. The maximum Gasteiger partial charge on any atom is 0.320 e. The molecule has 1 aliphatic carbocycles. The van der Waals surface area contributed by atoms with Gasteiger partial charge in [0.05, 0.1) is 13.2 Å². The average Bonchev–Trinajstić information content (AvgIpc) is 3.17. The fraction of sp³-hybridized carbons (Fsp3) is 0.933. The van der Waals surface area contributed by atoms with Gasteiger partial charge in [0.1, 0.15) is 0 Å². The summed E-state index contributed by atoms with van der Waals surface area (Å²) in [6.45, 7) is 8.42. The number of unbranched alkanes of at least 4 members (excludes halogenated alkanes) is 1. The van der Waals surface area contributed by atoms with Crippen molar-refractivity contribution in [3.63, 3.8) is 0 Å². The van der Waals surface area contributed by atoms with Crippen LogP contribution < -0.4 is 0 Å². The van der Waals surface area contributed by atoms with Crippen molar-refractivity contribution in [1.29, 1.82) is 0 Å². The molecular weight excluding hydrogens is 226 g/mol. The van der Waals surface area contributed by atoms with Crippen molar-refractivity contribution in [1.82, 2.24) is 4.90 Å². The molecule has 0 aliphatic heterocycles. The maximum absolute atomic E-state index is 11.6. The molecular formula is C15H29NO2. The first kappa shape index (κ1) is 15.5. The number of carbonyl (C=O) groups is 1. The Morgan fingerprint density at radius 2 is 2.06 bits per heavy atom. The molecule has 3 heteroatoms. The second-order valence-electron chi connectivity index (χ2n) is 5.38. The first-order valence-electron chi connectivity index (χ1n) is 7.60. The Kier molecular flexibility index (Phi) is 7.33. The van der Waals surface area contributed by atoms with Crippen LogP contribution in [0.25, 0.3) is 0 Å². The van der Waals surface area contributed by atoms with Crippen LogP contribution in [0.4, 0.5) is 0 Å². The van der Waals surface area contributed by atoms with Crippen molar-refractivity contribution in [3.05, 3.63) is 0 Å². The lowest BCUT2D eigenvalue weighted by molar-refractivity contribution is -0.144. The Morgan fingerprint density at radius 3 is 2.56 bits per heavy atom. The highest BCUT2D eigenvalue weighted by molar-refractivity contribution is 5.71. The van der Waals surface area contributed by atoms with Gasteiger partial charge in [0.25, 0.3) is 0 Å². The fourth-order valence-corrected chi connectivity index (χ4v) is 2.40. The van der Waals surface area contributed by atoms with Gasteiger partial charge in [-0.3, -0.25) is 9.69 Å². The van der Waals surface area contributed by atoms with Gasteiger partial charge in [-0.1, -0.05) is 33.1 Å². The molecule has 0 bridgehead atoms. The predicted octanol–water partition coefficient (Wildman–Crippen LogP) is 3.23. The fourth-order valence-electron chi connectivity index (χ4n) is 2.40. The molecule has 0 aromatic carbocycles. The molecule has 0 aromatic rings. The van der Waals surface area contributed by atoms with E-state index in [1.807, 2.05) is 6.92 Å². The minimum absolute atomic E-state index is 0.0604. The minimum atomic E-state index is -0.0604. The van der Waals surface area contributed by atoms with Crippen molar-refractivity contribution >= 4 is 5.97 Å². The highest BCUT2D eigenvalue weighted by Gasteiger charge is 2.31. The number of hydrogen-bond acceptors (Lipinski definition) is 3. The molecule has 1 fully saturated rings. The quantitative estimate of drug-likeness (QED) is 0.561. The van der Waals surface area contributed by atoms with E-state index in [2.05, 4.69) is 18.7 Å². The number of ether oxygens (including phenoxy) is 1. The zero-order chi connectivity index (χ0) is 13.4. The van der Waals surface area contributed by atoms with Crippen LogP contribution in [-0.4, -0.2) is 36.6 Å². The van der Waals surface area contributed by atoms with Crippen LogP contribution in [0, 0.1) is 5.92 Å². The first-order valence-corrected chi connectivity index (χ1v) is 7.60. The number of carbonyl (C=O) groups excluding carboxylic acids is 1. The molecule has 0 amide bonds. The third-order valence-corrected chi connectivity index (χ3v) is 3.74. The van der Waals surface area contributed by atoms with E-state index in [4.69, 9.17) is 4.74 Å². The maximum atomic E-state index is 11.6. The van der Waals surface area contributed by atoms with Crippen LogP contribution in [0.5, 0.6) is 0 Å². The number of esters is 1. The Labute approximate surface area is 112 Å². The van der Waals surface area contributed by atoms with Gasteiger partial charge < -0.3 is 4.74 Å². The van der Waals surface area contributed by atoms with Gasteiger partial charge in [0.2, 0.25) is 0 Å². The summed E-state index contributed by atoms with van der Waals surface area (Å²) in [4.78, 5) is 14.0. The van der Waals surface area contributed by atoms with Crippen LogP contribution in [0.15, 0.2) is 0 Å². The van der Waals surface area contributed by atoms with E-state index in [-0.39, 0.29) is 5.97 Å². The summed E-state index contributed by atoms with van der Waals surface area (Å²) >= 11 is 0. The minimum Gasteiger partial charge on any atom is -0.465 e. The molecule has 1 atom stereocenters. The van der Waals surface area contributed by atoms with E-state index in [9.17, 15) is 4.79 Å². The van der Waals surface area contributed by atoms with Crippen molar-refractivity contribution < 1.29 is 9.53 Å². The average molecular weight is 255 g/mol.